The fraction of sp³-hybridized carbons (Fsp3) is 0.333. The normalized spacial score (nSPS) is 21.0. The molecule has 114 valence electrons. The van der Waals surface area contributed by atoms with Gasteiger partial charge >= 0.3 is 5.97 Å². The summed E-state index contributed by atoms with van der Waals surface area (Å²) in [5.74, 6) is -0.559. The molecular weight excluding hydrogens is 284 g/mol. The first-order valence-corrected chi connectivity index (χ1v) is 7.01. The van der Waals surface area contributed by atoms with Crippen molar-refractivity contribution in [1.82, 2.24) is 15.0 Å². The number of β-amino-alcohol motifs (C(OH)–C–C–N with tert-alkyl or cyclic N) is 1. The Morgan fingerprint density at radius 2 is 2.00 bits per heavy atom. The van der Waals surface area contributed by atoms with Gasteiger partial charge in [-0.05, 0) is 24.1 Å². The van der Waals surface area contributed by atoms with Gasteiger partial charge in [0.05, 0.1) is 18.5 Å². The minimum Gasteiger partial charge on any atom is -0.476 e. The Kier molecular flexibility index (Phi) is 3.97. The maximum absolute atomic E-state index is 11.0. The van der Waals surface area contributed by atoms with Crippen LogP contribution in [0, 0.1) is 5.92 Å². The second kappa shape index (κ2) is 6.07. The average Bonchev–Trinajstić information content (AvgIpc) is 2.89. The minimum atomic E-state index is -1.11. The Hall–Kier alpha value is -2.54. The Labute approximate surface area is 127 Å². The van der Waals surface area contributed by atoms with E-state index in [2.05, 4.69) is 15.0 Å². The summed E-state index contributed by atoms with van der Waals surface area (Å²) in [6, 6.07) is 3.86. The van der Waals surface area contributed by atoms with E-state index in [1.54, 1.807) is 12.4 Å². The first-order chi connectivity index (χ1) is 10.6. The average molecular weight is 300 g/mol. The summed E-state index contributed by atoms with van der Waals surface area (Å²) in [6.07, 6.45) is 6.46. The molecule has 0 aliphatic carbocycles. The monoisotopic (exact) mass is 300 g/mol. The van der Waals surface area contributed by atoms with Crippen LogP contribution in [-0.4, -0.2) is 50.3 Å². The highest BCUT2D eigenvalue weighted by Gasteiger charge is 2.32. The molecule has 1 fully saturated rings. The van der Waals surface area contributed by atoms with Crippen molar-refractivity contribution in [3.63, 3.8) is 0 Å². The number of aliphatic hydroxyl groups excluding tert-OH is 1. The number of nitrogens with zero attached hydrogens (tertiary/aromatic N) is 4. The number of carbonyl (C=O) groups is 1. The molecule has 0 radical (unpaired) electrons. The summed E-state index contributed by atoms with van der Waals surface area (Å²) >= 11 is 0. The van der Waals surface area contributed by atoms with Gasteiger partial charge in [-0.1, -0.05) is 0 Å². The van der Waals surface area contributed by atoms with Gasteiger partial charge in [0.15, 0.2) is 5.69 Å². The Bertz CT molecular complexity index is 665. The Morgan fingerprint density at radius 1 is 1.23 bits per heavy atom. The van der Waals surface area contributed by atoms with E-state index in [0.29, 0.717) is 18.9 Å². The molecule has 1 saturated heterocycles. The molecular formula is C15H16N4O3. The van der Waals surface area contributed by atoms with Crippen molar-refractivity contribution in [2.24, 2.45) is 5.92 Å². The second-order valence-electron chi connectivity index (χ2n) is 5.36. The number of carboxylic acids is 1. The maximum atomic E-state index is 11.0. The molecule has 0 aromatic carbocycles. The number of carboxylic acid groups (broad SMARTS) is 1. The lowest BCUT2D eigenvalue weighted by Crippen LogP contribution is -2.23. The van der Waals surface area contributed by atoms with E-state index in [4.69, 9.17) is 5.11 Å². The highest BCUT2D eigenvalue weighted by molar-refractivity contribution is 5.85. The van der Waals surface area contributed by atoms with E-state index in [9.17, 15) is 9.90 Å². The number of aromatic nitrogens is 3. The third-order valence-electron chi connectivity index (χ3n) is 3.82. The van der Waals surface area contributed by atoms with Crippen LogP contribution >= 0.6 is 0 Å². The summed E-state index contributed by atoms with van der Waals surface area (Å²) in [5.41, 5.74) is 1.02. The predicted octanol–water partition coefficient (Wildman–Crippen LogP) is 0.610. The van der Waals surface area contributed by atoms with E-state index in [0.717, 1.165) is 12.0 Å². The lowest BCUT2D eigenvalue weighted by molar-refractivity contribution is 0.0690. The number of hydrogen-bond acceptors (Lipinski definition) is 6. The molecule has 7 nitrogen and oxygen atoms in total. The predicted molar refractivity (Wildman–Crippen MR) is 78.6 cm³/mol. The summed E-state index contributed by atoms with van der Waals surface area (Å²) in [5, 5.41) is 19.2. The van der Waals surface area contributed by atoms with Crippen LogP contribution in [-0.2, 0) is 6.42 Å². The maximum Gasteiger partial charge on any atom is 0.356 e. The summed E-state index contributed by atoms with van der Waals surface area (Å²) in [4.78, 5) is 24.8. The van der Waals surface area contributed by atoms with E-state index in [1.807, 2.05) is 17.0 Å². The van der Waals surface area contributed by atoms with Crippen molar-refractivity contribution < 1.29 is 15.0 Å². The number of rotatable bonds is 4. The molecule has 3 heterocycles. The number of aliphatic hydroxyl groups is 1. The van der Waals surface area contributed by atoms with E-state index in [1.165, 1.54) is 12.4 Å². The summed E-state index contributed by atoms with van der Waals surface area (Å²) in [7, 11) is 0. The summed E-state index contributed by atoms with van der Waals surface area (Å²) < 4.78 is 0. The van der Waals surface area contributed by atoms with Crippen molar-refractivity contribution in [1.29, 1.82) is 0 Å². The molecule has 3 rings (SSSR count). The zero-order valence-corrected chi connectivity index (χ0v) is 11.8. The molecule has 0 spiro atoms. The fourth-order valence-corrected chi connectivity index (χ4v) is 2.67. The topological polar surface area (TPSA) is 99.4 Å². The molecule has 0 saturated carbocycles. The lowest BCUT2D eigenvalue weighted by atomic mass is 9.97. The zero-order valence-electron chi connectivity index (χ0n) is 11.8. The molecule has 2 aromatic heterocycles. The van der Waals surface area contributed by atoms with Crippen LogP contribution in [0.25, 0.3) is 0 Å². The number of pyridine rings is 1. The van der Waals surface area contributed by atoms with Crippen LogP contribution in [0.3, 0.4) is 0 Å². The Balaban J connectivity index is 1.73. The number of hydrogen-bond donors (Lipinski definition) is 2. The van der Waals surface area contributed by atoms with Gasteiger partial charge in [-0.25, -0.2) is 9.78 Å². The number of anilines is 1. The van der Waals surface area contributed by atoms with Gasteiger partial charge in [-0.3, -0.25) is 9.97 Å². The molecule has 7 heteroatoms. The molecule has 1 aliphatic heterocycles. The molecule has 2 atom stereocenters. The van der Waals surface area contributed by atoms with Gasteiger partial charge in [0.1, 0.15) is 5.82 Å². The van der Waals surface area contributed by atoms with Crippen LogP contribution in [0.4, 0.5) is 5.82 Å². The van der Waals surface area contributed by atoms with Gasteiger partial charge in [0.25, 0.3) is 0 Å². The second-order valence-corrected chi connectivity index (χ2v) is 5.36. The highest BCUT2D eigenvalue weighted by Crippen LogP contribution is 2.25. The molecule has 1 aliphatic rings. The van der Waals surface area contributed by atoms with Gasteiger partial charge in [-0.15, -0.1) is 0 Å². The van der Waals surface area contributed by atoms with Crippen LogP contribution in [0.5, 0.6) is 0 Å². The summed E-state index contributed by atoms with van der Waals surface area (Å²) in [6.45, 7) is 1.04. The third-order valence-corrected chi connectivity index (χ3v) is 3.82. The van der Waals surface area contributed by atoms with E-state index in [-0.39, 0.29) is 11.6 Å². The zero-order chi connectivity index (χ0) is 15.5. The smallest absolute Gasteiger partial charge is 0.356 e. The van der Waals surface area contributed by atoms with Crippen molar-refractivity contribution in [3.05, 3.63) is 48.2 Å². The first-order valence-electron chi connectivity index (χ1n) is 7.01. The van der Waals surface area contributed by atoms with Crippen molar-refractivity contribution in [2.45, 2.75) is 12.5 Å². The van der Waals surface area contributed by atoms with Gasteiger partial charge in [-0.2, -0.15) is 0 Å². The highest BCUT2D eigenvalue weighted by atomic mass is 16.4. The van der Waals surface area contributed by atoms with Crippen LogP contribution in [0.2, 0.25) is 0 Å². The molecule has 2 N–H and O–H groups in total. The van der Waals surface area contributed by atoms with Gasteiger partial charge in [0.2, 0.25) is 0 Å². The molecule has 22 heavy (non-hydrogen) atoms. The molecule has 2 aromatic rings. The largest absolute Gasteiger partial charge is 0.476 e. The van der Waals surface area contributed by atoms with E-state index >= 15 is 0 Å². The van der Waals surface area contributed by atoms with Crippen molar-refractivity contribution in [2.75, 3.05) is 18.0 Å². The van der Waals surface area contributed by atoms with Crippen LogP contribution < -0.4 is 4.90 Å². The standard InChI is InChI=1S/C15H16N4O3/c20-13-9-19(14-7-17-6-12(18-14)15(21)22)8-11(13)5-10-1-3-16-4-2-10/h1-4,6-7,11,13,20H,5,8-9H2,(H,21,22)/t11-,13-/m1/s1. The van der Waals surface area contributed by atoms with Crippen LogP contribution in [0.1, 0.15) is 16.1 Å². The fourth-order valence-electron chi connectivity index (χ4n) is 2.67. The third kappa shape index (κ3) is 3.04. The lowest BCUT2D eigenvalue weighted by Gasteiger charge is -2.16. The first kappa shape index (κ1) is 14.4. The molecule has 0 bridgehead atoms. The van der Waals surface area contributed by atoms with E-state index < -0.39 is 12.1 Å². The van der Waals surface area contributed by atoms with Crippen LogP contribution in [0.15, 0.2) is 36.9 Å². The van der Waals surface area contributed by atoms with Gasteiger partial charge in [0, 0.05) is 31.4 Å². The van der Waals surface area contributed by atoms with Gasteiger partial charge < -0.3 is 15.1 Å². The SMILES string of the molecule is O=C(O)c1cncc(N2C[C@@H](Cc3ccncc3)[C@H](O)C2)n1. The molecule has 0 amide bonds. The quantitative estimate of drug-likeness (QED) is 0.853. The van der Waals surface area contributed by atoms with Crippen molar-refractivity contribution in [3.8, 4) is 0 Å². The molecule has 0 unspecified atom stereocenters. The number of aromatic carboxylic acids is 1. The van der Waals surface area contributed by atoms with Crippen molar-refractivity contribution >= 4 is 11.8 Å². The Morgan fingerprint density at radius 3 is 2.73 bits per heavy atom. The minimum absolute atomic E-state index is 0.0673.